The van der Waals surface area contributed by atoms with Gasteiger partial charge in [0, 0.05) is 16.6 Å². The minimum atomic E-state index is -0.0392. The highest BCUT2D eigenvalue weighted by Gasteiger charge is 2.29. The summed E-state index contributed by atoms with van der Waals surface area (Å²) in [7, 11) is 0. The Labute approximate surface area is 183 Å². The summed E-state index contributed by atoms with van der Waals surface area (Å²) >= 11 is 5.96. The molecule has 0 saturated carbocycles. The number of unbranched alkanes of at least 4 members (excludes halogenated alkanes) is 3. The number of benzene rings is 2. The van der Waals surface area contributed by atoms with E-state index in [4.69, 9.17) is 17.3 Å². The SMILES string of the molecule is NC1CCc2c(ccc(O)c2O)C1CCCCCCNCCc1cc(O)cc(Cl)c1. The van der Waals surface area contributed by atoms with Crippen LogP contribution in [-0.4, -0.2) is 34.5 Å². The Morgan fingerprint density at radius 3 is 2.60 bits per heavy atom. The number of rotatable bonds is 10. The van der Waals surface area contributed by atoms with Gasteiger partial charge in [-0.3, -0.25) is 0 Å². The predicted molar refractivity (Wildman–Crippen MR) is 122 cm³/mol. The fourth-order valence-corrected chi connectivity index (χ4v) is 4.72. The zero-order chi connectivity index (χ0) is 21.5. The van der Waals surface area contributed by atoms with Crippen molar-refractivity contribution in [1.82, 2.24) is 5.32 Å². The average molecular weight is 433 g/mol. The Morgan fingerprint density at radius 2 is 1.80 bits per heavy atom. The van der Waals surface area contributed by atoms with Crippen molar-refractivity contribution in [3.8, 4) is 17.2 Å². The Morgan fingerprint density at radius 1 is 1.00 bits per heavy atom. The number of phenols is 3. The molecule has 5 nitrogen and oxygen atoms in total. The number of hydrogen-bond acceptors (Lipinski definition) is 5. The Kier molecular flexibility index (Phi) is 8.25. The van der Waals surface area contributed by atoms with Crippen molar-refractivity contribution in [2.24, 2.45) is 5.73 Å². The zero-order valence-electron chi connectivity index (χ0n) is 17.4. The maximum absolute atomic E-state index is 10.1. The first-order valence-electron chi connectivity index (χ1n) is 10.9. The standard InChI is InChI=1S/C24H33ClN2O3/c25-17-13-16(14-18(28)15-17)10-12-27-11-4-2-1-3-5-20-19-7-9-23(29)24(30)21(19)6-8-22(20)26/h7,9,13-15,20,22,27-30H,1-6,8,10-12,26H2. The van der Waals surface area contributed by atoms with Gasteiger partial charge in [-0.2, -0.15) is 0 Å². The van der Waals surface area contributed by atoms with Crippen molar-refractivity contribution in [3.05, 3.63) is 52.0 Å². The number of halogens is 1. The summed E-state index contributed by atoms with van der Waals surface area (Å²) in [5, 5.41) is 33.5. The molecule has 1 aliphatic rings. The van der Waals surface area contributed by atoms with E-state index >= 15 is 0 Å². The topological polar surface area (TPSA) is 98.7 Å². The first kappa shape index (κ1) is 22.7. The summed E-state index contributed by atoms with van der Waals surface area (Å²) in [6.07, 6.45) is 8.01. The van der Waals surface area contributed by atoms with Gasteiger partial charge in [-0.15, -0.1) is 0 Å². The van der Waals surface area contributed by atoms with Crippen LogP contribution in [0, 0.1) is 0 Å². The minimum Gasteiger partial charge on any atom is -0.508 e. The smallest absolute Gasteiger partial charge is 0.160 e. The lowest BCUT2D eigenvalue weighted by molar-refractivity contribution is 0.380. The molecule has 2 aromatic rings. The summed E-state index contributed by atoms with van der Waals surface area (Å²) in [6.45, 7) is 1.84. The second-order valence-corrected chi connectivity index (χ2v) is 8.77. The molecule has 164 valence electrons. The summed E-state index contributed by atoms with van der Waals surface area (Å²) in [5.74, 6) is 0.461. The molecule has 1 aliphatic carbocycles. The number of nitrogens with two attached hydrogens (primary N) is 1. The summed E-state index contributed by atoms with van der Waals surface area (Å²) in [4.78, 5) is 0. The van der Waals surface area contributed by atoms with E-state index in [-0.39, 0.29) is 29.2 Å². The number of hydrogen-bond donors (Lipinski definition) is 5. The molecule has 0 bridgehead atoms. The van der Waals surface area contributed by atoms with Crippen LogP contribution in [-0.2, 0) is 12.8 Å². The normalized spacial score (nSPS) is 18.3. The number of fused-ring (bicyclic) bond motifs is 1. The molecule has 30 heavy (non-hydrogen) atoms. The Bertz CT molecular complexity index is 823. The lowest BCUT2D eigenvalue weighted by atomic mass is 9.76. The van der Waals surface area contributed by atoms with Crippen molar-refractivity contribution in [2.75, 3.05) is 13.1 Å². The van der Waals surface area contributed by atoms with Crippen LogP contribution in [0.25, 0.3) is 0 Å². The van der Waals surface area contributed by atoms with Crippen LogP contribution in [0.1, 0.15) is 61.1 Å². The van der Waals surface area contributed by atoms with E-state index in [1.54, 1.807) is 18.2 Å². The van der Waals surface area contributed by atoms with E-state index in [0.717, 1.165) is 74.7 Å². The summed E-state index contributed by atoms with van der Waals surface area (Å²) < 4.78 is 0. The molecule has 0 aromatic heterocycles. The third kappa shape index (κ3) is 6.03. The average Bonchev–Trinajstić information content (AvgIpc) is 2.70. The van der Waals surface area contributed by atoms with Gasteiger partial charge in [0.1, 0.15) is 5.75 Å². The molecule has 6 N–H and O–H groups in total. The highest BCUT2D eigenvalue weighted by molar-refractivity contribution is 6.30. The van der Waals surface area contributed by atoms with E-state index in [1.807, 2.05) is 12.1 Å². The van der Waals surface area contributed by atoms with Crippen molar-refractivity contribution >= 4 is 11.6 Å². The maximum Gasteiger partial charge on any atom is 0.160 e. The molecule has 3 rings (SSSR count). The highest BCUT2D eigenvalue weighted by Crippen LogP contribution is 2.42. The Hall–Kier alpha value is -1.95. The van der Waals surface area contributed by atoms with Gasteiger partial charge in [-0.1, -0.05) is 36.9 Å². The van der Waals surface area contributed by atoms with Gasteiger partial charge in [0.05, 0.1) is 0 Å². The van der Waals surface area contributed by atoms with Crippen LogP contribution < -0.4 is 11.1 Å². The molecule has 0 saturated heterocycles. The van der Waals surface area contributed by atoms with Gasteiger partial charge >= 0.3 is 0 Å². The Balaban J connectivity index is 1.32. The van der Waals surface area contributed by atoms with Gasteiger partial charge in [-0.05, 0) is 86.5 Å². The van der Waals surface area contributed by atoms with Crippen LogP contribution in [0.3, 0.4) is 0 Å². The molecule has 0 fully saturated rings. The molecule has 0 aliphatic heterocycles. The molecule has 2 aromatic carbocycles. The van der Waals surface area contributed by atoms with Crippen LogP contribution in [0.5, 0.6) is 17.2 Å². The zero-order valence-corrected chi connectivity index (χ0v) is 18.2. The van der Waals surface area contributed by atoms with Crippen LogP contribution in [0.4, 0.5) is 0 Å². The molecular weight excluding hydrogens is 400 g/mol. The molecule has 6 heteroatoms. The van der Waals surface area contributed by atoms with Crippen molar-refractivity contribution in [3.63, 3.8) is 0 Å². The van der Waals surface area contributed by atoms with Gasteiger partial charge in [-0.25, -0.2) is 0 Å². The maximum atomic E-state index is 10.1. The van der Waals surface area contributed by atoms with Crippen LogP contribution in [0.2, 0.25) is 5.02 Å². The molecule has 0 heterocycles. The molecular formula is C24H33ClN2O3. The third-order valence-corrected chi connectivity index (χ3v) is 6.31. The van der Waals surface area contributed by atoms with E-state index in [2.05, 4.69) is 5.32 Å². The second-order valence-electron chi connectivity index (χ2n) is 8.33. The monoisotopic (exact) mass is 432 g/mol. The number of aromatic hydroxyl groups is 3. The number of nitrogens with one attached hydrogen (secondary N) is 1. The largest absolute Gasteiger partial charge is 0.508 e. The van der Waals surface area contributed by atoms with Gasteiger partial charge in [0.25, 0.3) is 0 Å². The van der Waals surface area contributed by atoms with Crippen LogP contribution in [0.15, 0.2) is 30.3 Å². The van der Waals surface area contributed by atoms with E-state index in [1.165, 1.54) is 6.42 Å². The highest BCUT2D eigenvalue weighted by atomic mass is 35.5. The lowest BCUT2D eigenvalue weighted by Gasteiger charge is -2.32. The second kappa shape index (κ2) is 10.9. The first-order chi connectivity index (χ1) is 14.5. The molecule has 0 amide bonds. The van der Waals surface area contributed by atoms with Crippen molar-refractivity contribution < 1.29 is 15.3 Å². The van der Waals surface area contributed by atoms with Crippen LogP contribution >= 0.6 is 11.6 Å². The fourth-order valence-electron chi connectivity index (χ4n) is 4.47. The summed E-state index contributed by atoms with van der Waals surface area (Å²) in [6, 6.07) is 8.81. The van der Waals surface area contributed by atoms with E-state index in [0.29, 0.717) is 5.02 Å². The predicted octanol–water partition coefficient (Wildman–Crippen LogP) is 4.60. The lowest BCUT2D eigenvalue weighted by Crippen LogP contribution is -2.33. The molecule has 0 spiro atoms. The van der Waals surface area contributed by atoms with Gasteiger partial charge in [0.2, 0.25) is 0 Å². The van der Waals surface area contributed by atoms with E-state index in [9.17, 15) is 15.3 Å². The van der Waals surface area contributed by atoms with Gasteiger partial charge in [0.15, 0.2) is 11.5 Å². The van der Waals surface area contributed by atoms with Gasteiger partial charge < -0.3 is 26.4 Å². The van der Waals surface area contributed by atoms with Crippen molar-refractivity contribution in [2.45, 2.75) is 63.3 Å². The number of phenolic OH excluding ortho intramolecular Hbond substituents is 3. The van der Waals surface area contributed by atoms with E-state index < -0.39 is 0 Å². The first-order valence-corrected chi connectivity index (χ1v) is 11.3. The fraction of sp³-hybridized carbons (Fsp3) is 0.500. The molecule has 0 radical (unpaired) electrons. The summed E-state index contributed by atoms with van der Waals surface area (Å²) in [5.41, 5.74) is 9.39. The third-order valence-electron chi connectivity index (χ3n) is 6.09. The van der Waals surface area contributed by atoms with Crippen molar-refractivity contribution in [1.29, 1.82) is 0 Å². The molecule has 2 atom stereocenters. The molecule has 2 unspecified atom stereocenters. The minimum absolute atomic E-state index is 0.0310. The quantitative estimate of drug-likeness (QED) is 0.279.